The molecule has 7 nitrogen and oxygen atoms in total. The number of unbranched alkanes of at least 4 members (excludes halogenated alkanes) is 1. The van der Waals surface area contributed by atoms with Crippen LogP contribution >= 0.6 is 0 Å². The van der Waals surface area contributed by atoms with Gasteiger partial charge >= 0.3 is 0 Å². The number of hydrogen-bond acceptors (Lipinski definition) is 5. The van der Waals surface area contributed by atoms with Crippen molar-refractivity contribution in [2.24, 2.45) is 0 Å². The number of nitro benzene ring substituents is 1. The minimum Gasteiger partial charge on any atom is -0.505 e. The number of aromatic nitrogens is 1. The van der Waals surface area contributed by atoms with Crippen molar-refractivity contribution in [2.75, 3.05) is 0 Å². The number of phenolic OH excluding ortho intramolecular Hbond substituents is 1. The number of phenols is 1. The Hall–Kier alpha value is -3.48. The molecule has 0 saturated carbocycles. The highest BCUT2D eigenvalue weighted by molar-refractivity contribution is 5.94. The smallest absolute Gasteiger partial charge is 0.279 e. The van der Waals surface area contributed by atoms with Crippen molar-refractivity contribution >= 4 is 22.5 Å². The number of aryl methyl sites for hydroxylation is 1. The average molecular weight is 393 g/mol. The Morgan fingerprint density at radius 2 is 2.00 bits per heavy atom. The second kappa shape index (κ2) is 8.68. The van der Waals surface area contributed by atoms with E-state index in [4.69, 9.17) is 0 Å². The molecule has 0 aliphatic heterocycles. The van der Waals surface area contributed by atoms with Gasteiger partial charge in [-0.2, -0.15) is 0 Å². The lowest BCUT2D eigenvalue weighted by Crippen LogP contribution is -2.29. The highest BCUT2D eigenvalue weighted by Crippen LogP contribution is 2.39. The number of carbonyl (C=O) groups is 1. The molecule has 3 aromatic rings. The molecule has 29 heavy (non-hydrogen) atoms. The summed E-state index contributed by atoms with van der Waals surface area (Å²) >= 11 is 0. The number of carbonyl (C=O) groups excluding carboxylic acids is 1. The molecule has 2 aromatic carbocycles. The molecule has 1 amide bonds. The Morgan fingerprint density at radius 3 is 2.66 bits per heavy atom. The highest BCUT2D eigenvalue weighted by atomic mass is 16.6. The summed E-state index contributed by atoms with van der Waals surface area (Å²) in [6.07, 6.45) is 3.42. The first-order chi connectivity index (χ1) is 13.9. The minimum atomic E-state index is -0.731. The molecular formula is C22H23N3O4. The fourth-order valence-corrected chi connectivity index (χ4v) is 3.27. The monoisotopic (exact) mass is 393 g/mol. The zero-order valence-corrected chi connectivity index (χ0v) is 16.4. The van der Waals surface area contributed by atoms with Gasteiger partial charge in [-0.15, -0.1) is 0 Å². The SMILES string of the molecule is CCCCC(=O)N[C@@H](c1ccc(C)cc1)c1cc([N+](=O)[O-])c2cccnc2c1O. The average Bonchev–Trinajstić information content (AvgIpc) is 2.72. The molecule has 1 aromatic heterocycles. The van der Waals surface area contributed by atoms with E-state index in [2.05, 4.69) is 10.3 Å². The van der Waals surface area contributed by atoms with Gasteiger partial charge in [0.25, 0.3) is 5.69 Å². The van der Waals surface area contributed by atoms with Gasteiger partial charge in [0.05, 0.1) is 16.4 Å². The summed E-state index contributed by atoms with van der Waals surface area (Å²) in [5.74, 6) is -0.354. The van der Waals surface area contributed by atoms with E-state index in [1.807, 2.05) is 38.1 Å². The third-order valence-corrected chi connectivity index (χ3v) is 4.85. The fraction of sp³-hybridized carbons (Fsp3) is 0.273. The molecule has 7 heteroatoms. The zero-order valence-electron chi connectivity index (χ0n) is 16.4. The lowest BCUT2D eigenvalue weighted by molar-refractivity contribution is -0.383. The molecule has 0 saturated heterocycles. The summed E-state index contributed by atoms with van der Waals surface area (Å²) in [4.78, 5) is 27.8. The highest BCUT2D eigenvalue weighted by Gasteiger charge is 2.26. The number of amides is 1. The van der Waals surface area contributed by atoms with Crippen LogP contribution in [0.25, 0.3) is 10.9 Å². The Labute approximate surface area is 168 Å². The van der Waals surface area contributed by atoms with Gasteiger partial charge in [0.1, 0.15) is 11.3 Å². The van der Waals surface area contributed by atoms with Crippen molar-refractivity contribution < 1.29 is 14.8 Å². The first-order valence-electron chi connectivity index (χ1n) is 9.53. The molecule has 3 rings (SSSR count). The Morgan fingerprint density at radius 1 is 1.28 bits per heavy atom. The van der Waals surface area contributed by atoms with Gasteiger partial charge in [0, 0.05) is 24.2 Å². The van der Waals surface area contributed by atoms with Crippen LogP contribution in [0.5, 0.6) is 5.75 Å². The van der Waals surface area contributed by atoms with Crippen LogP contribution in [0.15, 0.2) is 48.7 Å². The minimum absolute atomic E-state index is 0.136. The van der Waals surface area contributed by atoms with Gasteiger partial charge in [-0.3, -0.25) is 19.9 Å². The van der Waals surface area contributed by atoms with Crippen LogP contribution in [0, 0.1) is 17.0 Å². The number of fused-ring (bicyclic) bond motifs is 1. The molecule has 0 radical (unpaired) electrons. The van der Waals surface area contributed by atoms with Crippen LogP contribution in [0.3, 0.4) is 0 Å². The number of benzene rings is 2. The molecule has 0 fully saturated rings. The molecular weight excluding hydrogens is 370 g/mol. The van der Waals surface area contributed by atoms with Gasteiger partial charge in [-0.25, -0.2) is 0 Å². The van der Waals surface area contributed by atoms with E-state index in [0.29, 0.717) is 6.42 Å². The Bertz CT molecular complexity index is 1050. The van der Waals surface area contributed by atoms with Crippen LogP contribution in [0.1, 0.15) is 48.9 Å². The van der Waals surface area contributed by atoms with E-state index in [0.717, 1.165) is 24.0 Å². The predicted octanol–water partition coefficient (Wildman–Crippen LogP) is 4.55. The quantitative estimate of drug-likeness (QED) is 0.452. The first-order valence-corrected chi connectivity index (χ1v) is 9.53. The first kappa shape index (κ1) is 20.3. The van der Waals surface area contributed by atoms with Gasteiger partial charge in [-0.1, -0.05) is 43.2 Å². The van der Waals surface area contributed by atoms with Crippen molar-refractivity contribution in [3.05, 3.63) is 75.5 Å². The number of aromatic hydroxyl groups is 1. The lowest BCUT2D eigenvalue weighted by Gasteiger charge is -2.21. The summed E-state index contributed by atoms with van der Waals surface area (Å²) in [5.41, 5.74) is 1.98. The van der Waals surface area contributed by atoms with Crippen LogP contribution in [-0.2, 0) is 4.79 Å². The third kappa shape index (κ3) is 4.34. The van der Waals surface area contributed by atoms with E-state index in [9.17, 15) is 20.0 Å². The van der Waals surface area contributed by atoms with Crippen LogP contribution in [0.2, 0.25) is 0 Å². The summed E-state index contributed by atoms with van der Waals surface area (Å²) in [5, 5.41) is 25.7. The van der Waals surface area contributed by atoms with Gasteiger partial charge in [0.15, 0.2) is 0 Å². The van der Waals surface area contributed by atoms with E-state index < -0.39 is 11.0 Å². The molecule has 0 aliphatic rings. The number of non-ortho nitro benzene ring substituents is 1. The van der Waals surface area contributed by atoms with Crippen molar-refractivity contribution in [1.29, 1.82) is 0 Å². The Kier molecular flexibility index (Phi) is 6.07. The maximum absolute atomic E-state index is 12.5. The van der Waals surface area contributed by atoms with Crippen molar-refractivity contribution in [3.63, 3.8) is 0 Å². The second-order valence-corrected chi connectivity index (χ2v) is 7.00. The molecule has 150 valence electrons. The van der Waals surface area contributed by atoms with E-state index >= 15 is 0 Å². The number of nitro groups is 1. The molecule has 1 atom stereocenters. The lowest BCUT2D eigenvalue weighted by atomic mass is 9.94. The van der Waals surface area contributed by atoms with Crippen molar-refractivity contribution in [1.82, 2.24) is 10.3 Å². The second-order valence-electron chi connectivity index (χ2n) is 7.00. The van der Waals surface area contributed by atoms with Crippen LogP contribution < -0.4 is 5.32 Å². The zero-order chi connectivity index (χ0) is 21.0. The van der Waals surface area contributed by atoms with Gasteiger partial charge in [0.2, 0.25) is 5.91 Å². The predicted molar refractivity (Wildman–Crippen MR) is 111 cm³/mol. The normalized spacial score (nSPS) is 11.9. The molecule has 0 aliphatic carbocycles. The fourth-order valence-electron chi connectivity index (χ4n) is 3.27. The van der Waals surface area contributed by atoms with Gasteiger partial charge in [-0.05, 0) is 31.0 Å². The standard InChI is InChI=1S/C22H23N3O4/c1-3-4-7-19(26)24-20(15-10-8-14(2)9-11-15)17-13-18(25(28)29)16-6-5-12-23-21(16)22(17)27/h5-6,8-13,20,27H,3-4,7H2,1-2H3,(H,24,26)/t20-/m0/s1. The van der Waals surface area contributed by atoms with Gasteiger partial charge < -0.3 is 10.4 Å². The molecule has 0 unspecified atom stereocenters. The topological polar surface area (TPSA) is 105 Å². The number of pyridine rings is 1. The number of rotatable bonds is 7. The summed E-state index contributed by atoms with van der Waals surface area (Å²) < 4.78 is 0. The maximum atomic E-state index is 12.5. The van der Waals surface area contributed by atoms with Crippen LogP contribution in [-0.4, -0.2) is 20.9 Å². The van der Waals surface area contributed by atoms with Crippen LogP contribution in [0.4, 0.5) is 5.69 Å². The molecule has 2 N–H and O–H groups in total. The van der Waals surface area contributed by atoms with E-state index in [1.165, 1.54) is 12.3 Å². The third-order valence-electron chi connectivity index (χ3n) is 4.85. The van der Waals surface area contributed by atoms with E-state index in [1.54, 1.807) is 12.1 Å². The number of nitrogens with zero attached hydrogens (tertiary/aromatic N) is 2. The van der Waals surface area contributed by atoms with E-state index in [-0.39, 0.29) is 33.8 Å². The van der Waals surface area contributed by atoms with Crippen molar-refractivity contribution in [2.45, 2.75) is 39.2 Å². The molecule has 0 bridgehead atoms. The largest absolute Gasteiger partial charge is 0.505 e. The van der Waals surface area contributed by atoms with Crippen molar-refractivity contribution in [3.8, 4) is 5.75 Å². The Balaban J connectivity index is 2.17. The maximum Gasteiger partial charge on any atom is 0.279 e. The number of hydrogen-bond donors (Lipinski definition) is 2. The molecule has 0 spiro atoms. The summed E-state index contributed by atoms with van der Waals surface area (Å²) in [7, 11) is 0. The number of nitrogens with one attached hydrogen (secondary N) is 1. The molecule has 1 heterocycles. The summed E-state index contributed by atoms with van der Waals surface area (Å²) in [6.45, 7) is 3.94. The summed E-state index contributed by atoms with van der Waals surface area (Å²) in [6, 6.07) is 11.2.